The highest BCUT2D eigenvalue weighted by molar-refractivity contribution is 6.54. The molecule has 10 heavy (non-hydrogen) atoms. The Bertz CT molecular complexity index is 91.6. The first kappa shape index (κ1) is 8.24. The third-order valence-corrected chi connectivity index (χ3v) is 4.84. The van der Waals surface area contributed by atoms with Crippen molar-refractivity contribution in [1.82, 2.24) is 4.98 Å². The van der Waals surface area contributed by atoms with E-state index in [-0.39, 0.29) is 0 Å². The maximum Gasteiger partial charge on any atom is 0.184 e. The van der Waals surface area contributed by atoms with Crippen molar-refractivity contribution in [2.45, 2.75) is 37.6 Å². The van der Waals surface area contributed by atoms with E-state index in [1.54, 1.807) is 0 Å². The minimum atomic E-state index is -1.01. The molecule has 1 unspecified atom stereocenters. The lowest BCUT2D eigenvalue weighted by atomic mass is 10.0. The smallest absolute Gasteiger partial charge is 0.184 e. The Morgan fingerprint density at radius 1 is 1.30 bits per heavy atom. The summed E-state index contributed by atoms with van der Waals surface area (Å²) in [5.74, 6) is 0. The Labute approximate surface area is 65.0 Å². The largest absolute Gasteiger partial charge is 0.341 e. The average molecular weight is 158 g/mol. The van der Waals surface area contributed by atoms with Gasteiger partial charge in [0.1, 0.15) is 0 Å². The van der Waals surface area contributed by atoms with Gasteiger partial charge in [0, 0.05) is 0 Å². The van der Waals surface area contributed by atoms with Gasteiger partial charge in [0.25, 0.3) is 0 Å². The Balaban J connectivity index is 2.24. The van der Waals surface area contributed by atoms with Crippen LogP contribution in [0.25, 0.3) is 0 Å². The molecule has 1 aliphatic carbocycles. The average Bonchev–Trinajstić information content (AvgIpc) is 2.05. The van der Waals surface area contributed by atoms with Crippen LogP contribution in [0.15, 0.2) is 0 Å². The first-order valence-corrected chi connectivity index (χ1v) is 6.18. The van der Waals surface area contributed by atoms with Crippen LogP contribution in [0.5, 0.6) is 0 Å². The molecule has 1 aliphatic rings. The van der Waals surface area contributed by atoms with E-state index >= 15 is 0 Å². The molecule has 1 fully saturated rings. The van der Waals surface area contributed by atoms with E-state index in [0.29, 0.717) is 0 Å². The molecule has 60 valence electrons. The van der Waals surface area contributed by atoms with E-state index < -0.39 is 9.12 Å². The van der Waals surface area contributed by atoms with E-state index in [1.165, 1.54) is 32.1 Å². The fourth-order valence-electron chi connectivity index (χ4n) is 1.73. The van der Waals surface area contributed by atoms with Crippen LogP contribution >= 0.6 is 0 Å². The Kier molecular flexibility index (Phi) is 3.38. The summed E-state index contributed by atoms with van der Waals surface area (Å²) in [5.41, 5.74) is 0.874. The van der Waals surface area contributed by atoms with E-state index in [0.717, 1.165) is 5.54 Å². The lowest BCUT2D eigenvalue weighted by molar-refractivity contribution is 0.493. The molecule has 0 aromatic heterocycles. The zero-order chi connectivity index (χ0) is 7.40. The monoisotopic (exact) mass is 158 g/mol. The van der Waals surface area contributed by atoms with Crippen LogP contribution in [0.4, 0.5) is 0 Å². The molecule has 0 saturated heterocycles. The van der Waals surface area contributed by atoms with Gasteiger partial charge in [0.15, 0.2) is 9.12 Å². The highest BCUT2D eigenvalue weighted by Crippen LogP contribution is 2.28. The number of hydrogen-bond acceptors (Lipinski definition) is 2. The van der Waals surface area contributed by atoms with Gasteiger partial charge in [-0.15, -0.1) is 0 Å². The molecule has 3 heteroatoms. The standard InChI is InChI=1S/C7H18N2Si/c1-9-10(8)7-5-3-2-4-6-7/h7,9-10H,2-6,8H2,1H3. The third-order valence-electron chi connectivity index (χ3n) is 2.49. The number of nitrogens with two attached hydrogens (primary N) is 1. The lowest BCUT2D eigenvalue weighted by Crippen LogP contribution is -2.45. The number of nitrogens with one attached hydrogen (secondary N) is 1. The number of hydrogen-bond donors (Lipinski definition) is 2. The summed E-state index contributed by atoms with van der Waals surface area (Å²) in [6.07, 6.45) is 7.02. The summed E-state index contributed by atoms with van der Waals surface area (Å²) >= 11 is 0. The van der Waals surface area contributed by atoms with Gasteiger partial charge in [-0.25, -0.2) is 0 Å². The minimum Gasteiger partial charge on any atom is -0.341 e. The lowest BCUT2D eigenvalue weighted by Gasteiger charge is -2.25. The molecule has 1 saturated carbocycles. The summed E-state index contributed by atoms with van der Waals surface area (Å²) in [6, 6.07) is 0. The van der Waals surface area contributed by atoms with Crippen molar-refractivity contribution in [2.75, 3.05) is 7.05 Å². The molecule has 3 N–H and O–H groups in total. The maximum atomic E-state index is 5.98. The third kappa shape index (κ3) is 2.07. The van der Waals surface area contributed by atoms with Gasteiger partial charge < -0.3 is 10.4 Å². The van der Waals surface area contributed by atoms with E-state index in [9.17, 15) is 0 Å². The zero-order valence-corrected chi connectivity index (χ0v) is 7.92. The Morgan fingerprint density at radius 2 is 1.90 bits per heavy atom. The van der Waals surface area contributed by atoms with Crippen LogP contribution in [0.3, 0.4) is 0 Å². The van der Waals surface area contributed by atoms with Gasteiger partial charge in [-0.1, -0.05) is 32.1 Å². The van der Waals surface area contributed by atoms with Crippen LogP contribution in [0.1, 0.15) is 32.1 Å². The molecule has 0 bridgehead atoms. The van der Waals surface area contributed by atoms with Crippen molar-refractivity contribution >= 4 is 9.12 Å². The van der Waals surface area contributed by atoms with Crippen molar-refractivity contribution in [3.8, 4) is 0 Å². The second-order valence-corrected chi connectivity index (χ2v) is 5.78. The fourth-order valence-corrected chi connectivity index (χ4v) is 3.39. The van der Waals surface area contributed by atoms with Crippen molar-refractivity contribution in [3.63, 3.8) is 0 Å². The van der Waals surface area contributed by atoms with E-state index in [1.807, 2.05) is 7.05 Å². The highest BCUT2D eigenvalue weighted by Gasteiger charge is 2.20. The molecule has 1 rings (SSSR count). The molecular weight excluding hydrogens is 140 g/mol. The van der Waals surface area contributed by atoms with Gasteiger partial charge in [0.05, 0.1) is 0 Å². The van der Waals surface area contributed by atoms with Crippen molar-refractivity contribution in [3.05, 3.63) is 0 Å². The number of rotatable bonds is 2. The molecule has 0 heterocycles. The van der Waals surface area contributed by atoms with Crippen LogP contribution in [-0.2, 0) is 0 Å². The van der Waals surface area contributed by atoms with Gasteiger partial charge in [-0.05, 0) is 12.6 Å². The molecule has 0 aromatic rings. The van der Waals surface area contributed by atoms with Gasteiger partial charge in [0.2, 0.25) is 0 Å². The molecule has 0 aromatic carbocycles. The van der Waals surface area contributed by atoms with Crippen LogP contribution in [0, 0.1) is 0 Å². The van der Waals surface area contributed by atoms with Crippen molar-refractivity contribution in [1.29, 1.82) is 0 Å². The van der Waals surface area contributed by atoms with Crippen LogP contribution in [0.2, 0.25) is 5.54 Å². The molecule has 2 nitrogen and oxygen atoms in total. The minimum absolute atomic E-state index is 0.874. The topological polar surface area (TPSA) is 38.0 Å². The van der Waals surface area contributed by atoms with Crippen LogP contribution < -0.4 is 10.4 Å². The van der Waals surface area contributed by atoms with Crippen LogP contribution in [-0.4, -0.2) is 16.2 Å². The zero-order valence-electron chi connectivity index (χ0n) is 6.77. The summed E-state index contributed by atoms with van der Waals surface area (Å²) in [5, 5.41) is 5.98. The van der Waals surface area contributed by atoms with Gasteiger partial charge in [-0.3, -0.25) is 0 Å². The second kappa shape index (κ2) is 4.11. The highest BCUT2D eigenvalue weighted by atomic mass is 28.3. The first-order chi connectivity index (χ1) is 4.84. The Hall–Kier alpha value is 0.137. The normalized spacial score (nSPS) is 24.6. The fraction of sp³-hybridized carbons (Fsp3) is 1.00. The van der Waals surface area contributed by atoms with Gasteiger partial charge in [-0.2, -0.15) is 0 Å². The van der Waals surface area contributed by atoms with E-state index in [2.05, 4.69) is 4.98 Å². The van der Waals surface area contributed by atoms with Crippen molar-refractivity contribution in [2.24, 2.45) is 5.40 Å². The quantitative estimate of drug-likeness (QED) is 0.581. The SMILES string of the molecule is CN[SiH](N)C1CCCCC1. The summed E-state index contributed by atoms with van der Waals surface area (Å²) in [7, 11) is 0.993. The predicted molar refractivity (Wildman–Crippen MR) is 47.2 cm³/mol. The predicted octanol–water partition coefficient (Wildman–Crippen LogP) is 0.719. The second-order valence-electron chi connectivity index (χ2n) is 3.21. The Morgan fingerprint density at radius 3 is 2.40 bits per heavy atom. The summed E-state index contributed by atoms with van der Waals surface area (Å²) in [6.45, 7) is 0. The molecular formula is C7H18N2Si. The molecule has 1 atom stereocenters. The maximum absolute atomic E-state index is 5.98. The van der Waals surface area contributed by atoms with Crippen molar-refractivity contribution < 1.29 is 0 Å². The molecule has 0 amide bonds. The van der Waals surface area contributed by atoms with E-state index in [4.69, 9.17) is 5.40 Å². The van der Waals surface area contributed by atoms with Gasteiger partial charge >= 0.3 is 0 Å². The summed E-state index contributed by atoms with van der Waals surface area (Å²) in [4.78, 5) is 3.25. The molecule has 0 radical (unpaired) electrons. The molecule has 0 aliphatic heterocycles. The summed E-state index contributed by atoms with van der Waals surface area (Å²) < 4.78 is 0. The molecule has 0 spiro atoms. The first-order valence-electron chi connectivity index (χ1n) is 4.27.